The molecule has 0 N–H and O–H groups in total. The monoisotopic (exact) mass is 562 g/mol. The third-order valence-electron chi connectivity index (χ3n) is 8.96. The Balaban J connectivity index is 1.78. The summed E-state index contributed by atoms with van der Waals surface area (Å²) in [7, 11) is 0. The van der Waals surface area contributed by atoms with Gasteiger partial charge in [0.15, 0.2) is 0 Å². The first-order valence-electron chi connectivity index (χ1n) is 16.3. The van der Waals surface area contributed by atoms with Crippen LogP contribution in [0.2, 0.25) is 0 Å². The average Bonchev–Trinajstić information content (AvgIpc) is 2.85. The smallest absolute Gasteiger partial charge is 0.233 e. The first-order valence-corrected chi connectivity index (χ1v) is 16.3. The maximum absolute atomic E-state index is 6.85. The molecule has 0 aliphatic carbocycles. The van der Waals surface area contributed by atoms with E-state index in [0.29, 0.717) is 0 Å². The predicted molar refractivity (Wildman–Crippen MR) is 172 cm³/mol. The van der Waals surface area contributed by atoms with Crippen molar-refractivity contribution in [2.75, 3.05) is 0 Å². The number of hydrogen-bond acceptors (Lipinski definition) is 3. The van der Waals surface area contributed by atoms with Crippen molar-refractivity contribution in [3.8, 4) is 11.5 Å². The molecular weight excluding hydrogens is 504 g/mol. The fourth-order valence-corrected chi connectivity index (χ4v) is 6.61. The van der Waals surface area contributed by atoms with Crippen molar-refractivity contribution in [2.24, 2.45) is 10.8 Å². The van der Waals surface area contributed by atoms with Crippen LogP contribution in [0.3, 0.4) is 0 Å². The van der Waals surface area contributed by atoms with Crippen molar-refractivity contribution >= 4 is 0 Å². The second kappa shape index (κ2) is 11.6. The standard InChI is InChI=1S/C38H58O3/c1-13-15-17-37(9,10)23-25-19-27-31(29(21-25)35(3,4)5)39-34-28-20-26(24-38(11,12)18-16-14-2)22-30(36(6,7)8)32(28)40-33(27)41-34/h19-22,33-34H,13-18,23-24H2,1-12H3. The van der Waals surface area contributed by atoms with Gasteiger partial charge < -0.3 is 9.47 Å². The van der Waals surface area contributed by atoms with E-state index in [9.17, 15) is 0 Å². The lowest BCUT2D eigenvalue weighted by Gasteiger charge is -2.42. The minimum absolute atomic E-state index is 0.0656. The number of benzene rings is 2. The van der Waals surface area contributed by atoms with Gasteiger partial charge in [0, 0.05) is 11.1 Å². The summed E-state index contributed by atoms with van der Waals surface area (Å²) in [5.74, 6) is 1.90. The third-order valence-corrected chi connectivity index (χ3v) is 8.96. The highest BCUT2D eigenvalue weighted by Gasteiger charge is 2.43. The molecule has 41 heavy (non-hydrogen) atoms. The lowest BCUT2D eigenvalue weighted by atomic mass is 9.77. The summed E-state index contributed by atoms with van der Waals surface area (Å²) in [6.45, 7) is 27.8. The summed E-state index contributed by atoms with van der Waals surface area (Å²) >= 11 is 0. The summed E-state index contributed by atoms with van der Waals surface area (Å²) in [6.07, 6.45) is 8.54. The molecule has 2 aromatic carbocycles. The van der Waals surface area contributed by atoms with Gasteiger partial charge in [0.05, 0.1) is 11.1 Å². The minimum atomic E-state index is -0.469. The Morgan fingerprint density at radius 3 is 1.24 bits per heavy atom. The molecule has 2 unspecified atom stereocenters. The number of fused-ring (bicyclic) bond motifs is 6. The van der Waals surface area contributed by atoms with Crippen LogP contribution in [0.5, 0.6) is 11.5 Å². The van der Waals surface area contributed by atoms with Crippen LogP contribution in [0.1, 0.15) is 168 Å². The lowest BCUT2D eigenvalue weighted by molar-refractivity contribution is -0.228. The molecule has 0 spiro atoms. The van der Waals surface area contributed by atoms with Crippen LogP contribution in [-0.2, 0) is 28.4 Å². The van der Waals surface area contributed by atoms with Crippen LogP contribution in [0.4, 0.5) is 0 Å². The number of ether oxygens (including phenoxy) is 3. The highest BCUT2D eigenvalue weighted by Crippen LogP contribution is 2.54. The van der Waals surface area contributed by atoms with Gasteiger partial charge in [-0.2, -0.15) is 0 Å². The molecule has 2 heterocycles. The maximum atomic E-state index is 6.85. The quantitative estimate of drug-likeness (QED) is 0.288. The molecule has 0 radical (unpaired) electrons. The molecule has 228 valence electrons. The molecule has 0 saturated heterocycles. The number of unbranched alkanes of at least 4 members (excludes halogenated alkanes) is 2. The summed E-state index contributed by atoms with van der Waals surface area (Å²) in [5.41, 5.74) is 7.58. The van der Waals surface area contributed by atoms with Gasteiger partial charge in [-0.1, -0.05) is 121 Å². The van der Waals surface area contributed by atoms with Gasteiger partial charge in [-0.15, -0.1) is 0 Å². The van der Waals surface area contributed by atoms with Gasteiger partial charge >= 0.3 is 0 Å². The third kappa shape index (κ3) is 7.32. The van der Waals surface area contributed by atoms with Crippen LogP contribution in [-0.4, -0.2) is 0 Å². The first-order chi connectivity index (χ1) is 18.9. The summed E-state index contributed by atoms with van der Waals surface area (Å²) in [6, 6.07) is 9.38. The van der Waals surface area contributed by atoms with Crippen molar-refractivity contribution in [1.29, 1.82) is 0 Å². The Morgan fingerprint density at radius 2 is 0.927 bits per heavy atom. The van der Waals surface area contributed by atoms with E-state index < -0.39 is 12.6 Å². The van der Waals surface area contributed by atoms with Gasteiger partial charge in [-0.3, -0.25) is 4.74 Å². The van der Waals surface area contributed by atoms with Crippen molar-refractivity contribution in [2.45, 2.75) is 158 Å². The molecule has 2 atom stereocenters. The predicted octanol–water partition coefficient (Wildman–Crippen LogP) is 11.3. The zero-order chi connectivity index (χ0) is 30.4. The van der Waals surface area contributed by atoms with E-state index in [0.717, 1.165) is 35.5 Å². The van der Waals surface area contributed by atoms with Crippen molar-refractivity contribution in [3.05, 3.63) is 57.6 Å². The van der Waals surface area contributed by atoms with Crippen LogP contribution >= 0.6 is 0 Å². The number of rotatable bonds is 10. The van der Waals surface area contributed by atoms with E-state index in [1.165, 1.54) is 60.8 Å². The van der Waals surface area contributed by atoms with Gasteiger partial charge in [-0.05, 0) is 70.6 Å². The van der Waals surface area contributed by atoms with E-state index in [2.05, 4.69) is 107 Å². The van der Waals surface area contributed by atoms with Crippen molar-refractivity contribution in [3.63, 3.8) is 0 Å². The Morgan fingerprint density at radius 1 is 0.561 bits per heavy atom. The minimum Gasteiger partial charge on any atom is -0.459 e. The van der Waals surface area contributed by atoms with Gasteiger partial charge in [0.25, 0.3) is 0 Å². The molecule has 0 fully saturated rings. The summed E-state index contributed by atoms with van der Waals surface area (Å²) < 4.78 is 20.3. The van der Waals surface area contributed by atoms with E-state index in [1.807, 2.05) is 0 Å². The number of hydrogen-bond donors (Lipinski definition) is 0. The molecule has 2 aromatic rings. The van der Waals surface area contributed by atoms with E-state index in [4.69, 9.17) is 14.2 Å². The topological polar surface area (TPSA) is 27.7 Å². The molecule has 2 aliphatic heterocycles. The van der Waals surface area contributed by atoms with Crippen LogP contribution in [0.15, 0.2) is 24.3 Å². The molecule has 3 heteroatoms. The van der Waals surface area contributed by atoms with Gasteiger partial charge in [0.2, 0.25) is 12.6 Å². The first kappa shape index (κ1) is 31.9. The molecule has 0 aromatic heterocycles. The average molecular weight is 563 g/mol. The summed E-state index contributed by atoms with van der Waals surface area (Å²) in [4.78, 5) is 0. The molecule has 3 nitrogen and oxygen atoms in total. The van der Waals surface area contributed by atoms with Crippen LogP contribution < -0.4 is 9.47 Å². The fraction of sp³-hybridized carbons (Fsp3) is 0.684. The Labute approximate surface area is 251 Å². The van der Waals surface area contributed by atoms with Gasteiger partial charge in [-0.25, -0.2) is 0 Å². The second-order valence-corrected chi connectivity index (χ2v) is 16.5. The molecule has 0 saturated carbocycles. The largest absolute Gasteiger partial charge is 0.459 e. The van der Waals surface area contributed by atoms with Crippen LogP contribution in [0, 0.1) is 10.8 Å². The Kier molecular flexibility index (Phi) is 9.02. The Hall–Kier alpha value is -2.00. The Bertz CT molecular complexity index is 1130. The van der Waals surface area contributed by atoms with Crippen molar-refractivity contribution < 1.29 is 14.2 Å². The highest BCUT2D eigenvalue weighted by molar-refractivity contribution is 5.55. The van der Waals surface area contributed by atoms with E-state index >= 15 is 0 Å². The zero-order valence-electron chi connectivity index (χ0n) is 28.3. The molecule has 4 rings (SSSR count). The second-order valence-electron chi connectivity index (χ2n) is 16.5. The maximum Gasteiger partial charge on any atom is 0.233 e. The fourth-order valence-electron chi connectivity index (χ4n) is 6.61. The molecular formula is C38H58O3. The molecule has 0 amide bonds. The zero-order valence-corrected chi connectivity index (χ0v) is 28.3. The highest BCUT2D eigenvalue weighted by atomic mass is 16.8. The van der Waals surface area contributed by atoms with E-state index in [-0.39, 0.29) is 21.7 Å². The SMILES string of the molecule is CCCCC(C)(C)Cc1cc2c(c(C(C)(C)C)c1)OC1OC2Oc2c1cc(CC(C)(C)CCCC)cc2C(C)(C)C. The lowest BCUT2D eigenvalue weighted by Crippen LogP contribution is -2.34. The van der Waals surface area contributed by atoms with Crippen LogP contribution in [0.25, 0.3) is 0 Å². The molecule has 2 bridgehead atoms. The normalized spacial score (nSPS) is 18.8. The van der Waals surface area contributed by atoms with Crippen molar-refractivity contribution in [1.82, 2.24) is 0 Å². The molecule has 2 aliphatic rings. The van der Waals surface area contributed by atoms with E-state index in [1.54, 1.807) is 0 Å². The van der Waals surface area contributed by atoms with Gasteiger partial charge in [0.1, 0.15) is 11.5 Å². The summed E-state index contributed by atoms with van der Waals surface area (Å²) in [5, 5.41) is 0.